The summed E-state index contributed by atoms with van der Waals surface area (Å²) >= 11 is 0. The first-order chi connectivity index (χ1) is 67.0. The van der Waals surface area contributed by atoms with Crippen LogP contribution in [0.5, 0.6) is 0 Å². The molecule has 143 heavy (non-hydrogen) atoms. The molecule has 0 bridgehead atoms. The second-order valence-electron chi connectivity index (χ2n) is 41.8. The summed E-state index contributed by atoms with van der Waals surface area (Å²) in [6.07, 6.45) is 6.23. The third-order valence-corrected chi connectivity index (χ3v) is 31.0. The van der Waals surface area contributed by atoms with Crippen molar-refractivity contribution in [1.29, 1.82) is 0 Å². The number of hydrogen-bond acceptors (Lipinski definition) is 44. The van der Waals surface area contributed by atoms with Gasteiger partial charge in [-0.3, -0.25) is 71.9 Å². The molecular weight excluding hydrogens is 1870 g/mol. The molecular formula is C88H142B5N20O30+. The van der Waals surface area contributed by atoms with E-state index < -0.39 is 177 Å². The molecule has 10 atom stereocenters. The lowest BCUT2D eigenvalue weighted by molar-refractivity contribution is -0.929. The fraction of sp³-hybridized carbons (Fsp3) is 0.716. The average molecular weight is 2010 g/mol. The molecule has 15 rings (SSSR count). The van der Waals surface area contributed by atoms with Crippen molar-refractivity contribution < 1.29 is 104 Å². The number of anilines is 10. The van der Waals surface area contributed by atoms with Crippen LogP contribution < -0.4 is 148 Å². The Balaban J connectivity index is 0.000000171. The van der Waals surface area contributed by atoms with Gasteiger partial charge in [-0.2, -0.15) is 0 Å². The Labute approximate surface area is 826 Å². The van der Waals surface area contributed by atoms with Crippen LogP contribution in [0.1, 0.15) is 105 Å². The smallest absolute Gasteiger partial charge is 0.451 e. The van der Waals surface area contributed by atoms with Gasteiger partial charge in [0.25, 0.3) is 54.3 Å². The standard InChI is InChI=1S/C19H31BN4O6.C18H29BN4O6.3C17H27BN4O6/c1-2-24(13-5-8-22-9-6-13)15-14(16(25)17(15)26)23-10-12(4-3-7-20(29)30)19(21,11-23)18(27)28;1-10(2)23(12-6-21-7-12)14-13(15(24)16(14)25)22-8-11(4-3-5-19(28)29)18(20,9-22)17(26)27;1-22(2)7-11(8-22)20-12-13(15(24)14(12)23)21-6-10(4-3-5-18(27)28)17(19,9-21)16(25)26;1-20-7-11(8-20)21(2)12-13(15(24)14(12)23)22-6-10(4-3-5-18(27)28)17(19,9-22)16(25)26;1-2-22(11-6-20-7-11)13-12(14(23)15(13)24)21-8-10(4-3-5-18(27)28)17(19,9-21)16(25)26/h12-13,22,29-30H,2-11,21H2,1H3,(H,27,28);10-12,21,28-29H,3-9,20H2,1-2H3,(H,26,27);10-11,27-28H,3-9,19H2,1-2H3,(H-,20,24,25,26);10-11,27-28H,3-9,19H2,1-2H3,(H,25,26);10-11,20,27-28H,2-9,19H2,1H3,(H,25,26)/p+1/t12-,19-;11-,18-;3*10-,17-/m00000/s1. The normalized spacial score (nSPS) is 25.6. The molecule has 0 aromatic heterocycles. The number of carboxylic acids is 5. The molecule has 10 heterocycles. The minimum absolute atomic E-state index is 0.00991. The topological polar surface area (TPSA) is 770 Å². The molecule has 0 unspecified atom stereocenters. The summed E-state index contributed by atoms with van der Waals surface area (Å²) in [5.41, 5.74) is 20.4. The zero-order valence-electron chi connectivity index (χ0n) is 82.5. The number of rotatable bonds is 43. The summed E-state index contributed by atoms with van der Waals surface area (Å²) in [5, 5.41) is 151. The third kappa shape index (κ3) is 23.8. The molecule has 0 radical (unpaired) electrons. The van der Waals surface area contributed by atoms with Crippen LogP contribution in [0.4, 0.5) is 56.9 Å². The Hall–Kier alpha value is -9.73. The second kappa shape index (κ2) is 46.1. The summed E-state index contributed by atoms with van der Waals surface area (Å²) in [4.78, 5) is 201. The number of nitrogens with two attached hydrogens (primary N) is 5. The molecule has 10 fully saturated rings. The van der Waals surface area contributed by atoms with Crippen LogP contribution in [0.2, 0.25) is 31.6 Å². The van der Waals surface area contributed by atoms with Crippen molar-refractivity contribution in [3.63, 3.8) is 0 Å². The van der Waals surface area contributed by atoms with Gasteiger partial charge in [-0.1, -0.05) is 32.1 Å². The number of hydrogen-bond donors (Lipinski definition) is 24. The molecule has 5 aromatic carbocycles. The Morgan fingerprint density at radius 1 is 0.392 bits per heavy atom. The maximum atomic E-state index is 12.5. The predicted octanol–water partition coefficient (Wildman–Crippen LogP) is -11.0. The molecule has 0 saturated carbocycles. The number of carboxylic acid groups (broad SMARTS) is 5. The van der Waals surface area contributed by atoms with E-state index in [4.69, 9.17) is 78.9 Å². The number of piperidine rings is 1. The number of aliphatic carboxylic acids is 5. The maximum absolute atomic E-state index is 12.5. The number of likely N-dealkylation sites (tertiary alicyclic amines) is 2. The molecule has 10 saturated heterocycles. The predicted molar refractivity (Wildman–Crippen MR) is 541 cm³/mol. The van der Waals surface area contributed by atoms with E-state index in [-0.39, 0.29) is 167 Å². The zero-order valence-corrected chi connectivity index (χ0v) is 82.5. The maximum Gasteiger partial charge on any atom is 0.451 e. The van der Waals surface area contributed by atoms with E-state index >= 15 is 0 Å². The number of quaternary nitrogens is 1. The Kier molecular flexibility index (Phi) is 36.7. The van der Waals surface area contributed by atoms with Crippen molar-refractivity contribution in [2.75, 3.05) is 222 Å². The first-order valence-corrected chi connectivity index (χ1v) is 49.3. The van der Waals surface area contributed by atoms with Crippen molar-refractivity contribution in [2.24, 2.45) is 58.3 Å². The van der Waals surface area contributed by atoms with Crippen LogP contribution in [-0.2, 0) is 24.0 Å². The van der Waals surface area contributed by atoms with Gasteiger partial charge < -0.3 is 179 Å². The summed E-state index contributed by atoms with van der Waals surface area (Å²) in [7, 11) is 0.619. The first kappa shape index (κ1) is 114. The molecule has 10 aliphatic heterocycles. The minimum Gasteiger partial charge on any atom is -0.480 e. The third-order valence-electron chi connectivity index (χ3n) is 31.0. The van der Waals surface area contributed by atoms with Gasteiger partial charge >= 0.3 is 65.4 Å². The molecule has 50 nitrogen and oxygen atoms in total. The zero-order chi connectivity index (χ0) is 106. The van der Waals surface area contributed by atoms with E-state index in [1.54, 1.807) is 31.5 Å². The van der Waals surface area contributed by atoms with Gasteiger partial charge in [0.05, 0.1) is 32.2 Å². The summed E-state index contributed by atoms with van der Waals surface area (Å²) in [6.45, 7) is 17.6. The van der Waals surface area contributed by atoms with Gasteiger partial charge in [0.2, 0.25) is 0 Å². The first-order valence-electron chi connectivity index (χ1n) is 49.3. The van der Waals surface area contributed by atoms with Gasteiger partial charge in [0.1, 0.15) is 104 Å². The van der Waals surface area contributed by atoms with E-state index in [1.807, 2.05) is 54.3 Å². The molecule has 29 N–H and O–H groups in total. The fourth-order valence-electron chi connectivity index (χ4n) is 22.5. The van der Waals surface area contributed by atoms with Crippen LogP contribution in [0, 0.1) is 29.6 Å². The van der Waals surface area contributed by atoms with E-state index in [0.29, 0.717) is 100 Å². The highest BCUT2D eigenvalue weighted by Crippen LogP contribution is 2.44. The van der Waals surface area contributed by atoms with Gasteiger partial charge in [0, 0.05) is 167 Å². The molecule has 5 aromatic rings. The van der Waals surface area contributed by atoms with Crippen LogP contribution in [0.15, 0.2) is 47.9 Å². The highest BCUT2D eigenvalue weighted by molar-refractivity contribution is 6.42. The quantitative estimate of drug-likeness (QED) is 0.00979. The van der Waals surface area contributed by atoms with Crippen LogP contribution in [0.3, 0.4) is 0 Å². The number of nitrogens with one attached hydrogen (secondary N) is 4. The lowest BCUT2D eigenvalue weighted by Gasteiger charge is -2.45. The van der Waals surface area contributed by atoms with Crippen molar-refractivity contribution >= 4 is 122 Å². The lowest BCUT2D eigenvalue weighted by atomic mass is 9.78. The average Bonchev–Trinajstić information content (AvgIpc) is 1.71. The summed E-state index contributed by atoms with van der Waals surface area (Å²) in [5.74, 6) is -8.20. The number of likely N-dealkylation sites (N-methyl/N-ethyl adjacent to an activating group) is 4. The molecule has 10 aliphatic rings. The van der Waals surface area contributed by atoms with Gasteiger partial charge in [0.15, 0.2) is 0 Å². The molecule has 55 heteroatoms. The van der Waals surface area contributed by atoms with E-state index in [0.717, 1.165) is 82.8 Å². The Morgan fingerprint density at radius 2 is 0.664 bits per heavy atom. The molecule has 0 amide bonds. The highest BCUT2D eigenvalue weighted by Gasteiger charge is 2.58. The molecule has 0 aliphatic carbocycles. The highest BCUT2D eigenvalue weighted by atomic mass is 16.4. The number of carbonyl (C=O) groups is 5. The van der Waals surface area contributed by atoms with Crippen LogP contribution in [0.25, 0.3) is 0 Å². The molecule has 0 spiro atoms. The van der Waals surface area contributed by atoms with Crippen molar-refractivity contribution in [3.05, 3.63) is 102 Å². The van der Waals surface area contributed by atoms with Crippen molar-refractivity contribution in [3.8, 4) is 0 Å². The van der Waals surface area contributed by atoms with Gasteiger partial charge in [-0.15, -0.1) is 0 Å². The second-order valence-corrected chi connectivity index (χ2v) is 41.8. The van der Waals surface area contributed by atoms with Gasteiger partial charge in [-0.05, 0) is 124 Å². The molecule has 788 valence electrons. The summed E-state index contributed by atoms with van der Waals surface area (Å²) < 4.78 is 0.829. The van der Waals surface area contributed by atoms with Crippen molar-refractivity contribution in [2.45, 2.75) is 200 Å². The van der Waals surface area contributed by atoms with E-state index in [2.05, 4.69) is 40.3 Å². The SMILES string of the molecule is CC(C)N(c1c(N2C[C@H](CCCB(O)O)[C@](N)(C(=O)O)C2)c(=O)c1=O)C1CNC1.CCN(c1c(N2C[C@H](CCCB(O)O)[C@](N)(C(=O)O)C2)c(=O)c1=O)C1CCNCC1.CCN(c1c(N2C[C@H](CCCB(O)O)[C@](N)(C(=O)O)C2)c(=O)c1=O)C1CNC1.CN1CC(N(C)c2c(N3C[C@H](CCCB(O)O)[C@](N)(C(=O)O)C3)c(=O)c2=O)C1.C[N+]1(C)CC(Nc2c(N3C[C@H](CCCB(O)O)[C@](N)(C(=O)O)C3)c(=O)c2=O)C1. The lowest BCUT2D eigenvalue weighted by Crippen LogP contribution is -2.65. The van der Waals surface area contributed by atoms with Crippen LogP contribution in [-0.4, -0.2) is 387 Å². The number of nitrogens with zero attached hydrogens (tertiary/aromatic N) is 11. The van der Waals surface area contributed by atoms with E-state index in [1.165, 1.54) is 0 Å². The van der Waals surface area contributed by atoms with Crippen LogP contribution >= 0.6 is 0 Å². The minimum atomic E-state index is -1.57. The van der Waals surface area contributed by atoms with Crippen molar-refractivity contribution in [1.82, 2.24) is 20.9 Å². The fourth-order valence-corrected chi connectivity index (χ4v) is 22.5. The van der Waals surface area contributed by atoms with Gasteiger partial charge in [-0.25, -0.2) is 0 Å². The largest absolute Gasteiger partial charge is 0.480 e. The Morgan fingerprint density at radius 3 is 0.930 bits per heavy atom. The Bertz CT molecular complexity index is 5700. The van der Waals surface area contributed by atoms with E-state index in [9.17, 15) is 97.5 Å². The summed E-state index contributed by atoms with van der Waals surface area (Å²) in [6, 6.07) is 0.657. The monoisotopic (exact) mass is 2010 g/mol.